The van der Waals surface area contributed by atoms with Gasteiger partial charge in [-0.3, -0.25) is 4.79 Å². The van der Waals surface area contributed by atoms with Crippen LogP contribution in [-0.4, -0.2) is 22.4 Å². The summed E-state index contributed by atoms with van der Waals surface area (Å²) in [7, 11) is -1.38. The largest absolute Gasteiger partial charge is 0.481 e. The first-order chi connectivity index (χ1) is 4.84. The van der Waals surface area contributed by atoms with Crippen molar-refractivity contribution in [3.63, 3.8) is 0 Å². The van der Waals surface area contributed by atoms with Gasteiger partial charge >= 0.3 is 13.8 Å². The third-order valence-corrected chi connectivity index (χ3v) is 3.40. The van der Waals surface area contributed by atoms with Crippen molar-refractivity contribution in [2.45, 2.75) is 32.3 Å². The van der Waals surface area contributed by atoms with E-state index in [2.05, 4.69) is 0 Å². The molecule has 0 fully saturated rings. The molecule has 0 aliphatic carbocycles. The van der Waals surface area contributed by atoms with Crippen LogP contribution in [0.25, 0.3) is 0 Å². The molecule has 0 aromatic carbocycles. The molecular formula is C7H14O3P+. The van der Waals surface area contributed by atoms with E-state index in [0.717, 1.165) is 0 Å². The third-order valence-electron chi connectivity index (χ3n) is 1.28. The van der Waals surface area contributed by atoms with Gasteiger partial charge in [-0.15, -0.1) is 0 Å². The van der Waals surface area contributed by atoms with Crippen LogP contribution in [0.4, 0.5) is 0 Å². The second-order valence-corrected chi connectivity index (χ2v) is 5.96. The fourth-order valence-electron chi connectivity index (χ4n) is 0.533. The highest BCUT2D eigenvalue weighted by Crippen LogP contribution is 2.38. The van der Waals surface area contributed by atoms with E-state index in [4.69, 9.17) is 5.11 Å². The molecule has 3 nitrogen and oxygen atoms in total. The SMILES string of the molecule is CC(C)(C)[P+](=O)CCC(=O)O. The van der Waals surface area contributed by atoms with Gasteiger partial charge in [0.05, 0.1) is 6.42 Å². The average Bonchev–Trinajstić information content (AvgIpc) is 1.80. The van der Waals surface area contributed by atoms with E-state index in [1.807, 2.05) is 20.8 Å². The number of rotatable bonds is 3. The summed E-state index contributed by atoms with van der Waals surface area (Å²) in [6.07, 6.45) is 0.292. The Morgan fingerprint density at radius 2 is 1.91 bits per heavy atom. The van der Waals surface area contributed by atoms with Crippen molar-refractivity contribution in [1.29, 1.82) is 0 Å². The van der Waals surface area contributed by atoms with E-state index in [-0.39, 0.29) is 17.7 Å². The lowest BCUT2D eigenvalue weighted by atomic mass is 10.3. The molecular weight excluding hydrogens is 163 g/mol. The number of aliphatic carboxylic acids is 1. The molecule has 0 rings (SSSR count). The smallest absolute Gasteiger partial charge is 0.344 e. The van der Waals surface area contributed by atoms with Gasteiger partial charge in [-0.2, -0.15) is 0 Å². The molecule has 64 valence electrons. The molecule has 0 amide bonds. The van der Waals surface area contributed by atoms with Crippen LogP contribution in [0, 0.1) is 0 Å². The second kappa shape index (κ2) is 3.82. The molecule has 0 bridgehead atoms. The van der Waals surface area contributed by atoms with Crippen LogP contribution in [0.15, 0.2) is 0 Å². The van der Waals surface area contributed by atoms with Gasteiger partial charge in [0, 0.05) is 0 Å². The highest BCUT2D eigenvalue weighted by molar-refractivity contribution is 7.46. The van der Waals surface area contributed by atoms with Gasteiger partial charge in [0.25, 0.3) is 0 Å². The van der Waals surface area contributed by atoms with Crippen molar-refractivity contribution < 1.29 is 14.5 Å². The lowest BCUT2D eigenvalue weighted by molar-refractivity contribution is -0.136. The van der Waals surface area contributed by atoms with Gasteiger partial charge in [0.15, 0.2) is 11.3 Å². The first-order valence-corrected chi connectivity index (χ1v) is 4.95. The van der Waals surface area contributed by atoms with E-state index < -0.39 is 13.8 Å². The highest BCUT2D eigenvalue weighted by atomic mass is 31.1. The van der Waals surface area contributed by atoms with Crippen LogP contribution >= 0.6 is 7.80 Å². The van der Waals surface area contributed by atoms with Crippen molar-refractivity contribution in [1.82, 2.24) is 0 Å². The lowest BCUT2D eigenvalue weighted by Gasteiger charge is -2.03. The molecule has 0 saturated heterocycles. The standard InChI is InChI=1S/C7H13O3P/c1-7(2,3)11(10)5-4-6(8)9/h4-5H2,1-3H3/p+1. The molecule has 0 saturated carbocycles. The maximum absolute atomic E-state index is 11.3. The quantitative estimate of drug-likeness (QED) is 0.671. The Hall–Kier alpha value is -0.430. The van der Waals surface area contributed by atoms with Crippen LogP contribution in [0.3, 0.4) is 0 Å². The van der Waals surface area contributed by atoms with Crippen LogP contribution in [0.2, 0.25) is 0 Å². The number of carbonyl (C=O) groups is 1. The number of carboxylic acids is 1. The number of carboxylic acid groups (broad SMARTS) is 1. The summed E-state index contributed by atoms with van der Waals surface area (Å²) >= 11 is 0. The summed E-state index contributed by atoms with van der Waals surface area (Å²) in [5, 5.41) is 8.04. The molecule has 0 aromatic heterocycles. The van der Waals surface area contributed by atoms with Crippen LogP contribution in [0.5, 0.6) is 0 Å². The molecule has 1 N–H and O–H groups in total. The van der Waals surface area contributed by atoms with E-state index in [0.29, 0.717) is 0 Å². The second-order valence-electron chi connectivity index (χ2n) is 3.42. The minimum atomic E-state index is -1.38. The first kappa shape index (κ1) is 10.6. The first-order valence-electron chi connectivity index (χ1n) is 3.50. The summed E-state index contributed by atoms with van der Waals surface area (Å²) in [6, 6.07) is 0. The lowest BCUT2D eigenvalue weighted by Crippen LogP contribution is -2.10. The molecule has 0 aliphatic heterocycles. The van der Waals surface area contributed by atoms with Crippen LogP contribution in [-0.2, 0) is 9.36 Å². The van der Waals surface area contributed by atoms with Gasteiger partial charge in [-0.1, -0.05) is 4.57 Å². The van der Waals surface area contributed by atoms with Gasteiger partial charge in [-0.05, 0) is 20.8 Å². The maximum atomic E-state index is 11.3. The topological polar surface area (TPSA) is 54.4 Å². The van der Waals surface area contributed by atoms with E-state index >= 15 is 0 Å². The van der Waals surface area contributed by atoms with E-state index in [9.17, 15) is 9.36 Å². The Kier molecular flexibility index (Phi) is 3.67. The minimum absolute atomic E-state index is 0.00642. The fraction of sp³-hybridized carbons (Fsp3) is 0.857. The Bertz CT molecular complexity index is 169. The summed E-state index contributed by atoms with van der Waals surface area (Å²) in [5.74, 6) is -0.877. The summed E-state index contributed by atoms with van der Waals surface area (Å²) in [6.45, 7) is 5.56. The summed E-state index contributed by atoms with van der Waals surface area (Å²) in [4.78, 5) is 10.1. The van der Waals surface area contributed by atoms with E-state index in [1.54, 1.807) is 0 Å². The zero-order chi connectivity index (χ0) is 9.07. The zero-order valence-electron chi connectivity index (χ0n) is 7.13. The van der Waals surface area contributed by atoms with Crippen molar-refractivity contribution in [2.24, 2.45) is 0 Å². The van der Waals surface area contributed by atoms with Crippen molar-refractivity contribution in [3.05, 3.63) is 0 Å². The Labute approximate surface area is 67.6 Å². The molecule has 1 unspecified atom stereocenters. The van der Waals surface area contributed by atoms with Crippen LogP contribution < -0.4 is 0 Å². The number of hydrogen-bond donors (Lipinski definition) is 1. The Morgan fingerprint density at radius 1 is 1.45 bits per heavy atom. The van der Waals surface area contributed by atoms with Crippen molar-refractivity contribution >= 4 is 13.8 Å². The van der Waals surface area contributed by atoms with Gasteiger partial charge < -0.3 is 5.11 Å². The zero-order valence-corrected chi connectivity index (χ0v) is 8.02. The minimum Gasteiger partial charge on any atom is -0.481 e. The van der Waals surface area contributed by atoms with Gasteiger partial charge in [0.1, 0.15) is 0 Å². The molecule has 0 radical (unpaired) electrons. The monoisotopic (exact) mass is 177 g/mol. The molecule has 11 heavy (non-hydrogen) atoms. The van der Waals surface area contributed by atoms with E-state index in [1.165, 1.54) is 0 Å². The molecule has 1 atom stereocenters. The van der Waals surface area contributed by atoms with Gasteiger partial charge in [0.2, 0.25) is 0 Å². The van der Waals surface area contributed by atoms with Crippen LogP contribution in [0.1, 0.15) is 27.2 Å². The summed E-state index contributed by atoms with van der Waals surface area (Å²) in [5.41, 5.74) is 0. The molecule has 0 heterocycles. The number of hydrogen-bond acceptors (Lipinski definition) is 2. The normalized spacial score (nSPS) is 12.8. The van der Waals surface area contributed by atoms with Crippen molar-refractivity contribution in [3.8, 4) is 0 Å². The fourth-order valence-corrected chi connectivity index (χ4v) is 1.60. The summed E-state index contributed by atoms with van der Waals surface area (Å²) < 4.78 is 11.3. The van der Waals surface area contributed by atoms with Gasteiger partial charge in [-0.25, -0.2) is 0 Å². The molecule has 0 aliphatic rings. The molecule has 0 spiro atoms. The third kappa shape index (κ3) is 4.91. The molecule has 4 heteroatoms. The predicted molar refractivity (Wildman–Crippen MR) is 44.5 cm³/mol. The highest BCUT2D eigenvalue weighted by Gasteiger charge is 2.33. The Balaban J connectivity index is 3.80. The van der Waals surface area contributed by atoms with Crippen molar-refractivity contribution in [2.75, 3.05) is 6.16 Å². The maximum Gasteiger partial charge on any atom is 0.344 e. The average molecular weight is 177 g/mol. The predicted octanol–water partition coefficient (Wildman–Crippen LogP) is 2.09. The molecule has 0 aromatic rings. The Morgan fingerprint density at radius 3 is 2.18 bits per heavy atom.